The average molecular weight is 306 g/mol. The van der Waals surface area contributed by atoms with Crippen LogP contribution in [0.15, 0.2) is 42.5 Å². The maximum atomic E-state index is 6.07. The number of nitrogens with one attached hydrogen (secondary N) is 1. The lowest BCUT2D eigenvalue weighted by atomic mass is 10.0. The van der Waals surface area contributed by atoms with E-state index in [4.69, 9.17) is 21.1 Å². The zero-order chi connectivity index (χ0) is 15.2. The number of hydrogen-bond donors (Lipinski definition) is 1. The Labute approximate surface area is 130 Å². The van der Waals surface area contributed by atoms with Crippen LogP contribution < -0.4 is 14.8 Å². The molecule has 0 saturated carbocycles. The summed E-state index contributed by atoms with van der Waals surface area (Å²) in [6.45, 7) is 2.14. The second-order valence-corrected chi connectivity index (χ2v) is 5.17. The molecule has 0 amide bonds. The van der Waals surface area contributed by atoms with Crippen LogP contribution in [0.4, 0.5) is 5.69 Å². The van der Waals surface area contributed by atoms with Gasteiger partial charge in [0.1, 0.15) is 0 Å². The summed E-state index contributed by atoms with van der Waals surface area (Å²) in [5.74, 6) is 1.43. The highest BCUT2D eigenvalue weighted by molar-refractivity contribution is 6.30. The molecule has 2 aromatic rings. The molecule has 0 aliphatic heterocycles. The summed E-state index contributed by atoms with van der Waals surface area (Å²) in [5, 5.41) is 4.25. The molecule has 3 nitrogen and oxygen atoms in total. The maximum Gasteiger partial charge on any atom is 0.162 e. The van der Waals surface area contributed by atoms with Gasteiger partial charge in [-0.25, -0.2) is 0 Å². The van der Waals surface area contributed by atoms with Crippen molar-refractivity contribution in [3.8, 4) is 11.5 Å². The van der Waals surface area contributed by atoms with Gasteiger partial charge >= 0.3 is 0 Å². The van der Waals surface area contributed by atoms with Crippen molar-refractivity contribution in [3.05, 3.63) is 53.1 Å². The third-order valence-electron chi connectivity index (χ3n) is 3.38. The number of rotatable bonds is 6. The Balaban J connectivity index is 2.22. The van der Waals surface area contributed by atoms with Crippen LogP contribution in [0, 0.1) is 0 Å². The fraction of sp³-hybridized carbons (Fsp3) is 0.294. The molecule has 21 heavy (non-hydrogen) atoms. The monoisotopic (exact) mass is 305 g/mol. The van der Waals surface area contributed by atoms with E-state index in [1.54, 1.807) is 14.2 Å². The van der Waals surface area contributed by atoms with Gasteiger partial charge in [0, 0.05) is 16.8 Å². The Kier molecular flexibility index (Phi) is 5.34. The minimum absolute atomic E-state index is 0.196. The van der Waals surface area contributed by atoms with Crippen molar-refractivity contribution in [2.24, 2.45) is 0 Å². The highest BCUT2D eigenvalue weighted by atomic mass is 35.5. The highest BCUT2D eigenvalue weighted by Gasteiger charge is 2.11. The topological polar surface area (TPSA) is 30.5 Å². The van der Waals surface area contributed by atoms with Gasteiger partial charge in [0.2, 0.25) is 0 Å². The molecule has 0 spiro atoms. The van der Waals surface area contributed by atoms with Gasteiger partial charge in [0.05, 0.1) is 20.3 Å². The summed E-state index contributed by atoms with van der Waals surface area (Å²) in [7, 11) is 3.27. The number of benzene rings is 2. The zero-order valence-corrected chi connectivity index (χ0v) is 13.3. The first kappa shape index (κ1) is 15.5. The molecule has 112 valence electrons. The second-order valence-electron chi connectivity index (χ2n) is 4.73. The van der Waals surface area contributed by atoms with Gasteiger partial charge in [-0.15, -0.1) is 0 Å². The lowest BCUT2D eigenvalue weighted by molar-refractivity contribution is 0.355. The standard InChI is InChI=1S/C17H20ClNO2/c1-4-15(12-6-5-7-13(18)10-12)19-14-8-9-16(20-2)17(11-14)21-3/h5-11,15,19H,4H2,1-3H3. The third-order valence-corrected chi connectivity index (χ3v) is 3.62. The predicted molar refractivity (Wildman–Crippen MR) is 87.7 cm³/mol. The first-order valence-electron chi connectivity index (χ1n) is 6.92. The molecular formula is C17H20ClNO2. The van der Waals surface area contributed by atoms with Crippen LogP contribution >= 0.6 is 11.6 Å². The highest BCUT2D eigenvalue weighted by Crippen LogP contribution is 2.32. The molecule has 4 heteroatoms. The third kappa shape index (κ3) is 3.82. The van der Waals surface area contributed by atoms with Crippen molar-refractivity contribution < 1.29 is 9.47 Å². The Morgan fingerprint density at radius 3 is 2.43 bits per heavy atom. The van der Waals surface area contributed by atoms with Crippen LogP contribution in [-0.4, -0.2) is 14.2 Å². The number of anilines is 1. The molecule has 0 aromatic heterocycles. The van der Waals surface area contributed by atoms with Crippen LogP contribution in [0.1, 0.15) is 24.9 Å². The molecule has 2 rings (SSSR count). The first-order chi connectivity index (χ1) is 10.2. The van der Waals surface area contributed by atoms with E-state index in [0.717, 1.165) is 22.9 Å². The van der Waals surface area contributed by atoms with Crippen LogP contribution in [-0.2, 0) is 0 Å². The van der Waals surface area contributed by atoms with Gasteiger partial charge < -0.3 is 14.8 Å². The van der Waals surface area contributed by atoms with Crippen LogP contribution in [0.5, 0.6) is 11.5 Å². The van der Waals surface area contributed by atoms with Crippen LogP contribution in [0.25, 0.3) is 0 Å². The van der Waals surface area contributed by atoms with Crippen molar-refractivity contribution >= 4 is 17.3 Å². The van der Waals surface area contributed by atoms with E-state index in [1.807, 2.05) is 36.4 Å². The summed E-state index contributed by atoms with van der Waals surface area (Å²) in [6, 6.07) is 13.9. The van der Waals surface area contributed by atoms with Crippen molar-refractivity contribution in [2.45, 2.75) is 19.4 Å². The number of halogens is 1. The first-order valence-corrected chi connectivity index (χ1v) is 7.29. The van der Waals surface area contributed by atoms with E-state index in [2.05, 4.69) is 18.3 Å². The van der Waals surface area contributed by atoms with Crippen molar-refractivity contribution in [2.75, 3.05) is 19.5 Å². The summed E-state index contributed by atoms with van der Waals surface area (Å²) in [6.07, 6.45) is 0.953. The Bertz CT molecular complexity index is 601. The van der Waals surface area contributed by atoms with Gasteiger partial charge in [0.15, 0.2) is 11.5 Å². The van der Waals surface area contributed by atoms with E-state index in [9.17, 15) is 0 Å². The molecule has 1 unspecified atom stereocenters. The van der Waals surface area contributed by atoms with Gasteiger partial charge in [0.25, 0.3) is 0 Å². The number of ether oxygens (including phenoxy) is 2. The molecule has 0 bridgehead atoms. The summed E-state index contributed by atoms with van der Waals surface area (Å²) in [5.41, 5.74) is 2.15. The molecule has 0 heterocycles. The lowest BCUT2D eigenvalue weighted by Gasteiger charge is -2.20. The van der Waals surface area contributed by atoms with E-state index in [-0.39, 0.29) is 6.04 Å². The average Bonchev–Trinajstić information content (AvgIpc) is 2.52. The van der Waals surface area contributed by atoms with Gasteiger partial charge in [-0.05, 0) is 36.2 Å². The quantitative estimate of drug-likeness (QED) is 0.821. The van der Waals surface area contributed by atoms with Crippen molar-refractivity contribution in [1.29, 1.82) is 0 Å². The largest absolute Gasteiger partial charge is 0.493 e. The maximum absolute atomic E-state index is 6.07. The van der Waals surface area contributed by atoms with Crippen molar-refractivity contribution in [3.63, 3.8) is 0 Å². The number of hydrogen-bond acceptors (Lipinski definition) is 3. The molecule has 0 fully saturated rings. The number of methoxy groups -OCH3 is 2. The fourth-order valence-electron chi connectivity index (χ4n) is 2.27. The SMILES string of the molecule is CCC(Nc1ccc(OC)c(OC)c1)c1cccc(Cl)c1. The zero-order valence-electron chi connectivity index (χ0n) is 12.5. The lowest BCUT2D eigenvalue weighted by Crippen LogP contribution is -2.09. The summed E-state index contributed by atoms with van der Waals surface area (Å²) < 4.78 is 10.6. The van der Waals surface area contributed by atoms with Gasteiger partial charge in [-0.3, -0.25) is 0 Å². The minimum atomic E-state index is 0.196. The summed E-state index contributed by atoms with van der Waals surface area (Å²) in [4.78, 5) is 0. The molecule has 1 N–H and O–H groups in total. The molecule has 2 aromatic carbocycles. The fourth-order valence-corrected chi connectivity index (χ4v) is 2.47. The van der Waals surface area contributed by atoms with Gasteiger partial charge in [-0.1, -0.05) is 30.7 Å². The molecule has 0 aliphatic rings. The summed E-state index contributed by atoms with van der Waals surface area (Å²) >= 11 is 6.07. The van der Waals surface area contributed by atoms with E-state index >= 15 is 0 Å². The Morgan fingerprint density at radius 2 is 1.81 bits per heavy atom. The van der Waals surface area contributed by atoms with E-state index in [0.29, 0.717) is 5.75 Å². The normalized spacial score (nSPS) is 11.8. The smallest absolute Gasteiger partial charge is 0.162 e. The van der Waals surface area contributed by atoms with Crippen LogP contribution in [0.2, 0.25) is 5.02 Å². The van der Waals surface area contributed by atoms with Gasteiger partial charge in [-0.2, -0.15) is 0 Å². The molecule has 1 atom stereocenters. The van der Waals surface area contributed by atoms with E-state index in [1.165, 1.54) is 5.56 Å². The molecule has 0 aliphatic carbocycles. The van der Waals surface area contributed by atoms with Crippen molar-refractivity contribution in [1.82, 2.24) is 0 Å². The minimum Gasteiger partial charge on any atom is -0.493 e. The second kappa shape index (κ2) is 7.23. The van der Waals surface area contributed by atoms with E-state index < -0.39 is 0 Å². The molecule has 0 radical (unpaired) electrons. The molecule has 0 saturated heterocycles. The Morgan fingerprint density at radius 1 is 1.05 bits per heavy atom. The van der Waals surface area contributed by atoms with Crippen LogP contribution in [0.3, 0.4) is 0 Å². The predicted octanol–water partition coefficient (Wildman–Crippen LogP) is 4.92. The molecular weight excluding hydrogens is 286 g/mol. The Hall–Kier alpha value is -1.87.